The second kappa shape index (κ2) is 9.18. The Hall–Kier alpha value is -3.39. The first-order valence-electron chi connectivity index (χ1n) is 10.1. The first-order chi connectivity index (χ1) is 14.8. The van der Waals surface area contributed by atoms with Crippen molar-refractivity contribution in [3.8, 4) is 5.75 Å². The molecule has 2 aromatic rings. The van der Waals surface area contributed by atoms with Gasteiger partial charge in [-0.2, -0.15) is 0 Å². The summed E-state index contributed by atoms with van der Waals surface area (Å²) in [6, 6.07) is 5.77. The van der Waals surface area contributed by atoms with Crippen LogP contribution in [0.25, 0.3) is 5.70 Å². The van der Waals surface area contributed by atoms with E-state index in [0.717, 1.165) is 16.8 Å². The molecule has 0 amide bonds. The average molecular weight is 426 g/mol. The number of rotatable bonds is 3. The third kappa shape index (κ3) is 4.54. The first-order valence-corrected chi connectivity index (χ1v) is 10.1. The van der Waals surface area contributed by atoms with Gasteiger partial charge in [0.2, 0.25) is 0 Å². The van der Waals surface area contributed by atoms with Crippen LogP contribution in [0.15, 0.2) is 47.3 Å². The quantitative estimate of drug-likeness (QED) is 0.556. The number of aromatic nitrogens is 1. The molecule has 2 heterocycles. The number of nitrogens with one attached hydrogen (secondary N) is 1. The highest BCUT2D eigenvalue weighted by atomic mass is 19.1. The van der Waals surface area contributed by atoms with Crippen LogP contribution in [0.1, 0.15) is 54.8 Å². The van der Waals surface area contributed by atoms with Crippen molar-refractivity contribution in [2.24, 2.45) is 11.5 Å². The number of carbonyl (C=O) groups excluding carboxylic acids is 1. The zero-order valence-corrected chi connectivity index (χ0v) is 18.0. The van der Waals surface area contributed by atoms with E-state index in [0.29, 0.717) is 34.7 Å². The van der Waals surface area contributed by atoms with Crippen LogP contribution in [-0.4, -0.2) is 23.9 Å². The number of Topliss-reactive ketones (excluding diaryl/α,β-unsaturated/α-hetero) is 1. The average Bonchev–Trinajstić information content (AvgIpc) is 2.73. The number of hydrogen-bond acceptors (Lipinski definition) is 7. The lowest BCUT2D eigenvalue weighted by Crippen LogP contribution is -2.22. The Balaban J connectivity index is 2.33. The van der Waals surface area contributed by atoms with Gasteiger partial charge in [-0.05, 0) is 50.6 Å². The van der Waals surface area contributed by atoms with Crippen molar-refractivity contribution in [1.82, 2.24) is 10.3 Å². The van der Waals surface area contributed by atoms with E-state index in [-0.39, 0.29) is 24.6 Å². The maximum absolute atomic E-state index is 14.1. The summed E-state index contributed by atoms with van der Waals surface area (Å²) in [5.41, 5.74) is 22.0. The maximum atomic E-state index is 14.1. The minimum absolute atomic E-state index is 0.194. The predicted octanol–water partition coefficient (Wildman–Crippen LogP) is 3.04. The van der Waals surface area contributed by atoms with Crippen molar-refractivity contribution >= 4 is 17.3 Å². The normalized spacial score (nSPS) is 20.8. The van der Waals surface area contributed by atoms with Crippen LogP contribution in [0.3, 0.4) is 0 Å². The molecule has 0 fully saturated rings. The molecule has 8 heteroatoms. The van der Waals surface area contributed by atoms with Gasteiger partial charge in [0, 0.05) is 59.4 Å². The summed E-state index contributed by atoms with van der Waals surface area (Å²) in [7, 11) is 0. The van der Waals surface area contributed by atoms with Crippen molar-refractivity contribution in [2.45, 2.75) is 33.3 Å². The smallest absolute Gasteiger partial charge is 0.191 e. The van der Waals surface area contributed by atoms with Gasteiger partial charge in [-0.15, -0.1) is 0 Å². The molecule has 1 unspecified atom stereocenters. The lowest BCUT2D eigenvalue weighted by molar-refractivity contribution is 0.102. The SMILES string of the molecule is CCN/C1=C(\CN)CC(=C(C)N)C(=O)c2ccc(F)cc2C(C)Oc2cc1cnc2N. The highest BCUT2D eigenvalue weighted by Gasteiger charge is 2.25. The Morgan fingerprint density at radius 3 is 2.74 bits per heavy atom. The number of nitrogens with two attached hydrogens (primary N) is 3. The molecule has 164 valence electrons. The van der Waals surface area contributed by atoms with Gasteiger partial charge in [0.25, 0.3) is 0 Å². The highest BCUT2D eigenvalue weighted by molar-refractivity contribution is 6.10. The molecule has 0 saturated heterocycles. The van der Waals surface area contributed by atoms with Gasteiger partial charge in [0.05, 0.1) is 0 Å². The Kier molecular flexibility index (Phi) is 6.60. The number of nitrogen functional groups attached to an aromatic ring is 1. The topological polar surface area (TPSA) is 129 Å². The zero-order chi connectivity index (χ0) is 22.7. The van der Waals surface area contributed by atoms with E-state index in [2.05, 4.69) is 10.3 Å². The van der Waals surface area contributed by atoms with Crippen molar-refractivity contribution in [3.63, 3.8) is 0 Å². The Bertz CT molecular complexity index is 1070. The van der Waals surface area contributed by atoms with Gasteiger partial charge in [0.1, 0.15) is 11.9 Å². The third-order valence-electron chi connectivity index (χ3n) is 5.26. The van der Waals surface area contributed by atoms with Gasteiger partial charge in [0.15, 0.2) is 17.4 Å². The molecule has 1 aliphatic heterocycles. The summed E-state index contributed by atoms with van der Waals surface area (Å²) in [6.45, 7) is 6.19. The molecular formula is C23H28FN5O2. The van der Waals surface area contributed by atoms with Crippen LogP contribution in [0, 0.1) is 5.82 Å². The number of ether oxygens (including phenoxy) is 1. The highest BCUT2D eigenvalue weighted by Crippen LogP contribution is 2.34. The Morgan fingerprint density at radius 2 is 2.10 bits per heavy atom. The summed E-state index contributed by atoms with van der Waals surface area (Å²) in [6.07, 6.45) is 1.21. The molecular weight excluding hydrogens is 397 g/mol. The second-order valence-electron chi connectivity index (χ2n) is 7.48. The monoisotopic (exact) mass is 425 g/mol. The number of halogens is 1. The summed E-state index contributed by atoms with van der Waals surface area (Å²) < 4.78 is 20.1. The number of pyridine rings is 1. The fourth-order valence-electron chi connectivity index (χ4n) is 3.66. The predicted molar refractivity (Wildman–Crippen MR) is 120 cm³/mol. The van der Waals surface area contributed by atoms with Crippen molar-refractivity contribution in [3.05, 3.63) is 69.8 Å². The molecule has 1 aromatic heterocycles. The molecule has 0 spiro atoms. The number of fused-ring (bicyclic) bond motifs is 3. The Morgan fingerprint density at radius 1 is 1.35 bits per heavy atom. The molecule has 0 radical (unpaired) electrons. The number of ketones is 1. The number of nitrogens with zero attached hydrogens (tertiary/aromatic N) is 1. The van der Waals surface area contributed by atoms with Crippen LogP contribution in [0.5, 0.6) is 5.75 Å². The van der Waals surface area contributed by atoms with E-state index in [4.69, 9.17) is 21.9 Å². The Labute approximate surface area is 181 Å². The van der Waals surface area contributed by atoms with E-state index in [9.17, 15) is 9.18 Å². The van der Waals surface area contributed by atoms with Crippen LogP contribution in [0.4, 0.5) is 10.2 Å². The van der Waals surface area contributed by atoms with Crippen LogP contribution < -0.4 is 27.3 Å². The standard InChI is InChI=1S/C23H28FN5O2/c1-4-28-21-14(10-25)7-18(12(2)26)22(30)17-6-5-16(24)9-19(17)13(3)31-20-8-15(21)11-29-23(20)27/h5-6,8-9,11,13,28H,4,7,10,25-26H2,1-3H3,(H2,27,29)/b18-12?,21-14-. The summed E-state index contributed by atoms with van der Waals surface area (Å²) in [5.74, 6) is -0.227. The number of carbonyl (C=O) groups is 1. The van der Waals surface area contributed by atoms with E-state index in [1.54, 1.807) is 26.1 Å². The summed E-state index contributed by atoms with van der Waals surface area (Å²) in [4.78, 5) is 17.8. The number of anilines is 1. The van der Waals surface area contributed by atoms with Gasteiger partial charge in [-0.25, -0.2) is 9.37 Å². The van der Waals surface area contributed by atoms with Crippen LogP contribution in [0.2, 0.25) is 0 Å². The molecule has 7 nitrogen and oxygen atoms in total. The lowest BCUT2D eigenvalue weighted by Gasteiger charge is -2.23. The van der Waals surface area contributed by atoms with Gasteiger partial charge in [-0.1, -0.05) is 0 Å². The minimum Gasteiger partial charge on any atom is -0.482 e. The fraction of sp³-hybridized carbons (Fsp3) is 0.304. The molecule has 7 N–H and O–H groups in total. The molecule has 31 heavy (non-hydrogen) atoms. The molecule has 1 aromatic carbocycles. The largest absolute Gasteiger partial charge is 0.482 e. The summed E-state index contributed by atoms with van der Waals surface area (Å²) >= 11 is 0. The van der Waals surface area contributed by atoms with Crippen molar-refractivity contribution in [1.29, 1.82) is 0 Å². The van der Waals surface area contributed by atoms with Crippen molar-refractivity contribution in [2.75, 3.05) is 18.8 Å². The fourth-order valence-corrected chi connectivity index (χ4v) is 3.66. The van der Waals surface area contributed by atoms with E-state index < -0.39 is 11.9 Å². The molecule has 2 bridgehead atoms. The van der Waals surface area contributed by atoms with Gasteiger partial charge < -0.3 is 27.3 Å². The minimum atomic E-state index is -0.659. The van der Waals surface area contributed by atoms with Crippen LogP contribution in [-0.2, 0) is 0 Å². The molecule has 1 atom stereocenters. The molecule has 0 saturated carbocycles. The number of allylic oxidation sites excluding steroid dienone is 2. The molecule has 0 aliphatic carbocycles. The van der Waals surface area contributed by atoms with Crippen molar-refractivity contribution < 1.29 is 13.9 Å². The number of benzene rings is 1. The van der Waals surface area contributed by atoms with Crippen LogP contribution >= 0.6 is 0 Å². The molecule has 3 rings (SSSR count). The van der Waals surface area contributed by atoms with Gasteiger partial charge >= 0.3 is 0 Å². The first kappa shape index (κ1) is 22.3. The van der Waals surface area contributed by atoms with E-state index in [1.807, 2.05) is 6.92 Å². The van der Waals surface area contributed by atoms with E-state index >= 15 is 0 Å². The summed E-state index contributed by atoms with van der Waals surface area (Å²) in [5, 5.41) is 3.32. The maximum Gasteiger partial charge on any atom is 0.191 e. The zero-order valence-electron chi connectivity index (χ0n) is 18.0. The number of hydrogen-bond donors (Lipinski definition) is 4. The third-order valence-corrected chi connectivity index (χ3v) is 5.26. The lowest BCUT2D eigenvalue weighted by atomic mass is 9.89. The molecule has 1 aliphatic rings. The van der Waals surface area contributed by atoms with Gasteiger partial charge in [-0.3, -0.25) is 4.79 Å². The van der Waals surface area contributed by atoms with E-state index in [1.165, 1.54) is 18.2 Å². The second-order valence-corrected chi connectivity index (χ2v) is 7.48.